The van der Waals surface area contributed by atoms with Gasteiger partial charge in [0.05, 0.1) is 11.4 Å². The molecule has 1 rings (SSSR count). The Balaban J connectivity index is 0.000000362. The van der Waals surface area contributed by atoms with Crippen molar-refractivity contribution in [3.63, 3.8) is 0 Å². The van der Waals surface area contributed by atoms with E-state index < -0.39 is 10.1 Å². The number of benzene rings is 1. The zero-order valence-corrected chi connectivity index (χ0v) is 12.4. The largest absolute Gasteiger partial charge is 0.744 e. The van der Waals surface area contributed by atoms with Gasteiger partial charge in [-0.25, -0.2) is 8.42 Å². The van der Waals surface area contributed by atoms with Gasteiger partial charge in [0.1, 0.15) is 10.1 Å². The third kappa shape index (κ3) is 9.41. The van der Waals surface area contributed by atoms with Gasteiger partial charge in [0, 0.05) is 0 Å². The van der Waals surface area contributed by atoms with Crippen LogP contribution in [0.1, 0.15) is 31.7 Å². The summed E-state index contributed by atoms with van der Waals surface area (Å²) in [6.07, 6.45) is 8.16. The Morgan fingerprint density at radius 3 is 2.21 bits per heavy atom. The van der Waals surface area contributed by atoms with E-state index in [0.717, 1.165) is 12.1 Å². The molecule has 0 aliphatic carbocycles. The number of allylic oxidation sites excluding steroid dienone is 1. The molecule has 0 fully saturated rings. The Kier molecular flexibility index (Phi) is 9.12. The molecule has 0 heterocycles. The molecule has 19 heavy (non-hydrogen) atoms. The van der Waals surface area contributed by atoms with Crippen molar-refractivity contribution in [3.05, 3.63) is 42.0 Å². The molecule has 0 amide bonds. The van der Waals surface area contributed by atoms with E-state index in [-0.39, 0.29) is 4.90 Å². The number of rotatable bonds is 5. The Labute approximate surface area is 116 Å². The summed E-state index contributed by atoms with van der Waals surface area (Å²) in [5.41, 5.74) is 4.62. The van der Waals surface area contributed by atoms with E-state index in [2.05, 4.69) is 24.8 Å². The highest BCUT2D eigenvalue weighted by molar-refractivity contribution is 7.85. The molecule has 0 radical (unpaired) electrons. The quantitative estimate of drug-likeness (QED) is 0.509. The van der Waals surface area contributed by atoms with Crippen molar-refractivity contribution in [1.82, 2.24) is 0 Å². The molecule has 0 aromatic heterocycles. The minimum atomic E-state index is -4.27. The van der Waals surface area contributed by atoms with Gasteiger partial charge in [-0.3, -0.25) is 0 Å². The topological polar surface area (TPSA) is 84.8 Å². The molecule has 0 atom stereocenters. The van der Waals surface area contributed by atoms with Gasteiger partial charge >= 0.3 is 0 Å². The van der Waals surface area contributed by atoms with Crippen molar-refractivity contribution in [2.24, 2.45) is 0 Å². The maximum absolute atomic E-state index is 10.4. The lowest BCUT2D eigenvalue weighted by molar-refractivity contribution is -0.352. The molecule has 1 aromatic rings. The van der Waals surface area contributed by atoms with E-state index in [1.165, 1.54) is 31.4 Å². The van der Waals surface area contributed by atoms with Crippen LogP contribution in [0.2, 0.25) is 0 Å². The molecule has 0 spiro atoms. The molecule has 0 aliphatic heterocycles. The number of aryl methyl sites for hydroxylation is 1. The smallest absolute Gasteiger partial charge is 0.124 e. The van der Waals surface area contributed by atoms with Gasteiger partial charge in [-0.1, -0.05) is 43.5 Å². The maximum atomic E-state index is 10.4. The Morgan fingerprint density at radius 1 is 1.21 bits per heavy atom. The van der Waals surface area contributed by atoms with Crippen molar-refractivity contribution < 1.29 is 18.7 Å². The normalized spacial score (nSPS) is 11.2. The second-order valence-corrected chi connectivity index (χ2v) is 5.55. The van der Waals surface area contributed by atoms with E-state index in [4.69, 9.17) is 0 Å². The van der Waals surface area contributed by atoms with Crippen molar-refractivity contribution >= 4 is 10.1 Å². The summed E-state index contributed by atoms with van der Waals surface area (Å²) >= 11 is 0. The van der Waals surface area contributed by atoms with Crippen molar-refractivity contribution in [2.45, 2.75) is 38.0 Å². The lowest BCUT2D eigenvalue weighted by Gasteiger charge is -2.05. The van der Waals surface area contributed by atoms with Crippen LogP contribution in [0.4, 0.5) is 0 Å². The highest BCUT2D eigenvalue weighted by Crippen LogP contribution is 2.08. The van der Waals surface area contributed by atoms with Gasteiger partial charge in [0.2, 0.25) is 0 Å². The summed E-state index contributed by atoms with van der Waals surface area (Å²) in [7, 11) is -4.27. The van der Waals surface area contributed by atoms with E-state index in [1.54, 1.807) is 12.1 Å². The van der Waals surface area contributed by atoms with Gasteiger partial charge < -0.3 is 10.3 Å². The van der Waals surface area contributed by atoms with Crippen molar-refractivity contribution in [2.75, 3.05) is 6.54 Å². The number of hydrogen-bond acceptors (Lipinski definition) is 3. The summed E-state index contributed by atoms with van der Waals surface area (Å²) in [6, 6.07) is 5.78. The van der Waals surface area contributed by atoms with Gasteiger partial charge in [0.15, 0.2) is 0 Å². The lowest BCUT2D eigenvalue weighted by atomic mass is 10.2. The first-order chi connectivity index (χ1) is 8.91. The molecular weight excluding hydrogens is 262 g/mol. The number of quaternary nitrogens is 1. The van der Waals surface area contributed by atoms with Gasteiger partial charge in [0.25, 0.3) is 0 Å². The molecule has 0 aliphatic rings. The highest BCUT2D eigenvalue weighted by Gasteiger charge is 1.97. The fourth-order valence-electron chi connectivity index (χ4n) is 1.26. The van der Waals surface area contributed by atoms with Crippen LogP contribution in [0, 0.1) is 6.92 Å². The maximum Gasteiger partial charge on any atom is 0.124 e. The Hall–Kier alpha value is -1.17. The second kappa shape index (κ2) is 9.72. The Morgan fingerprint density at radius 2 is 1.79 bits per heavy atom. The SMILES string of the molecule is CCCC/C=C/C[NH3+].Cc1ccc(S(=O)(=O)[O-])cc1. The molecule has 3 N–H and O–H groups in total. The summed E-state index contributed by atoms with van der Waals surface area (Å²) in [6.45, 7) is 4.96. The predicted octanol–water partition coefficient (Wildman–Crippen LogP) is 1.87. The molecular formula is C14H23NO3S. The average Bonchev–Trinajstić information content (AvgIpc) is 2.35. The van der Waals surface area contributed by atoms with Crippen LogP contribution in [-0.4, -0.2) is 19.5 Å². The van der Waals surface area contributed by atoms with E-state index >= 15 is 0 Å². The monoisotopic (exact) mass is 285 g/mol. The van der Waals surface area contributed by atoms with Crippen molar-refractivity contribution in [1.29, 1.82) is 0 Å². The first kappa shape index (κ1) is 17.8. The minimum absolute atomic E-state index is 0.178. The van der Waals surface area contributed by atoms with Crippen LogP contribution in [0.3, 0.4) is 0 Å². The molecule has 0 unspecified atom stereocenters. The number of unbranched alkanes of at least 4 members (excludes halogenated alkanes) is 2. The molecule has 1 aromatic carbocycles. The third-order valence-electron chi connectivity index (χ3n) is 2.37. The molecule has 0 bridgehead atoms. The molecule has 0 saturated heterocycles. The van der Waals surface area contributed by atoms with E-state index in [0.29, 0.717) is 0 Å². The first-order valence-electron chi connectivity index (χ1n) is 6.38. The summed E-state index contributed by atoms with van der Waals surface area (Å²) in [5, 5.41) is 0. The first-order valence-corrected chi connectivity index (χ1v) is 7.79. The molecule has 0 saturated carbocycles. The fourth-order valence-corrected chi connectivity index (χ4v) is 1.73. The Bertz CT molecular complexity index is 464. The predicted molar refractivity (Wildman–Crippen MR) is 75.6 cm³/mol. The van der Waals surface area contributed by atoms with Crippen LogP contribution in [-0.2, 0) is 10.1 Å². The van der Waals surface area contributed by atoms with E-state index in [1.807, 2.05) is 6.92 Å². The van der Waals surface area contributed by atoms with E-state index in [9.17, 15) is 13.0 Å². The lowest BCUT2D eigenvalue weighted by Crippen LogP contribution is -2.49. The fraction of sp³-hybridized carbons (Fsp3) is 0.429. The average molecular weight is 285 g/mol. The zero-order chi connectivity index (χ0) is 14.7. The zero-order valence-electron chi connectivity index (χ0n) is 11.6. The van der Waals surface area contributed by atoms with Gasteiger partial charge in [-0.2, -0.15) is 0 Å². The van der Waals surface area contributed by atoms with Crippen LogP contribution >= 0.6 is 0 Å². The standard InChI is InChI=1S/C7H15N.C7H8O3S/c1-2-3-4-5-6-7-8;1-6-2-4-7(5-3-6)11(8,9)10/h5-6H,2-4,7-8H2,1H3;2-5H,1H3,(H,8,9,10)/b6-5+;. The molecule has 108 valence electrons. The molecule has 4 nitrogen and oxygen atoms in total. The summed E-state index contributed by atoms with van der Waals surface area (Å²) in [5.74, 6) is 0. The summed E-state index contributed by atoms with van der Waals surface area (Å²) in [4.78, 5) is -0.178. The van der Waals surface area contributed by atoms with Crippen LogP contribution in [0.25, 0.3) is 0 Å². The third-order valence-corrected chi connectivity index (χ3v) is 3.22. The van der Waals surface area contributed by atoms with Gasteiger partial charge in [-0.15, -0.1) is 0 Å². The number of hydrogen-bond donors (Lipinski definition) is 1. The van der Waals surface area contributed by atoms with Crippen molar-refractivity contribution in [3.8, 4) is 0 Å². The van der Waals surface area contributed by atoms with Gasteiger partial charge in [-0.05, 0) is 31.6 Å². The highest BCUT2D eigenvalue weighted by atomic mass is 32.2. The minimum Gasteiger partial charge on any atom is -0.744 e. The molecule has 5 heteroatoms. The second-order valence-electron chi connectivity index (χ2n) is 4.17. The van der Waals surface area contributed by atoms with Crippen LogP contribution in [0.5, 0.6) is 0 Å². The van der Waals surface area contributed by atoms with Crippen LogP contribution < -0.4 is 5.73 Å². The van der Waals surface area contributed by atoms with Crippen LogP contribution in [0.15, 0.2) is 41.3 Å². The summed E-state index contributed by atoms with van der Waals surface area (Å²) < 4.78 is 31.2.